The number of nitrogens with zero attached hydrogens (tertiary/aromatic N) is 1. The number of likely N-dealkylation sites (tertiary alicyclic amines) is 1. The number of carbonyl (C=O) groups is 2. The third kappa shape index (κ3) is 9.59. The van der Waals surface area contributed by atoms with Crippen LogP contribution in [0.4, 0.5) is 14.0 Å². The molecule has 3 unspecified atom stereocenters. The summed E-state index contributed by atoms with van der Waals surface area (Å²) in [4.78, 5) is 26.5. The lowest BCUT2D eigenvalue weighted by atomic mass is 9.88. The third-order valence-corrected chi connectivity index (χ3v) is 7.20. The molecule has 0 spiro atoms. The second-order valence-electron chi connectivity index (χ2n) is 9.76. The van der Waals surface area contributed by atoms with Crippen molar-refractivity contribution in [3.05, 3.63) is 34.6 Å². The summed E-state index contributed by atoms with van der Waals surface area (Å²) in [6.45, 7) is 3.80. The molecule has 2 aliphatic rings. The molecule has 208 valence electrons. The predicted octanol–water partition coefficient (Wildman–Crippen LogP) is 3.72. The number of nitrogens with one attached hydrogen (secondary N) is 3. The van der Waals surface area contributed by atoms with E-state index in [0.717, 1.165) is 45.3 Å². The predicted molar refractivity (Wildman–Crippen MR) is 139 cm³/mol. The molecule has 2 saturated heterocycles. The lowest BCUT2D eigenvalue weighted by Gasteiger charge is -2.38. The maximum atomic E-state index is 14.2. The zero-order valence-electron chi connectivity index (χ0n) is 21.8. The lowest BCUT2D eigenvalue weighted by molar-refractivity contribution is -0.00884. The molecule has 2 aliphatic heterocycles. The fourth-order valence-electron chi connectivity index (χ4n) is 5.19. The number of amides is 3. The van der Waals surface area contributed by atoms with Gasteiger partial charge in [0.25, 0.3) is 0 Å². The number of halogens is 2. The van der Waals surface area contributed by atoms with E-state index in [0.29, 0.717) is 31.1 Å². The van der Waals surface area contributed by atoms with Gasteiger partial charge in [0.1, 0.15) is 5.82 Å². The largest absolute Gasteiger partial charge is 0.453 e. The summed E-state index contributed by atoms with van der Waals surface area (Å²) >= 11 is 6.14. The Bertz CT molecular complexity index is 853. The molecule has 0 radical (unpaired) electrons. The minimum atomic E-state index is -0.550. The molecule has 1 aromatic carbocycles. The normalized spacial score (nSPS) is 20.2. The highest BCUT2D eigenvalue weighted by Crippen LogP contribution is 2.34. The number of hydrogen-bond donors (Lipinski definition) is 3. The lowest BCUT2D eigenvalue weighted by Crippen LogP contribution is -2.52. The summed E-state index contributed by atoms with van der Waals surface area (Å²) in [6.07, 6.45) is 3.52. The summed E-state index contributed by atoms with van der Waals surface area (Å²) < 4.78 is 30.4. The minimum Gasteiger partial charge on any atom is -0.453 e. The van der Waals surface area contributed by atoms with Gasteiger partial charge < -0.3 is 35.1 Å². The van der Waals surface area contributed by atoms with E-state index in [9.17, 15) is 14.0 Å². The molecule has 37 heavy (non-hydrogen) atoms. The van der Waals surface area contributed by atoms with Crippen LogP contribution in [-0.4, -0.2) is 83.2 Å². The summed E-state index contributed by atoms with van der Waals surface area (Å²) in [5.74, 6) is 0.0292. The second kappa shape index (κ2) is 15.3. The van der Waals surface area contributed by atoms with Crippen molar-refractivity contribution in [1.29, 1.82) is 0 Å². The van der Waals surface area contributed by atoms with Gasteiger partial charge in [-0.15, -0.1) is 0 Å². The van der Waals surface area contributed by atoms with Gasteiger partial charge in [-0.3, -0.25) is 0 Å². The van der Waals surface area contributed by atoms with Gasteiger partial charge in [0.2, 0.25) is 0 Å². The van der Waals surface area contributed by atoms with Crippen LogP contribution >= 0.6 is 11.6 Å². The number of methoxy groups -OCH3 is 1. The van der Waals surface area contributed by atoms with Gasteiger partial charge >= 0.3 is 12.1 Å². The van der Waals surface area contributed by atoms with E-state index in [1.54, 1.807) is 6.07 Å². The van der Waals surface area contributed by atoms with Gasteiger partial charge in [-0.05, 0) is 68.8 Å². The van der Waals surface area contributed by atoms with Crippen molar-refractivity contribution >= 4 is 23.7 Å². The number of hydrogen-bond acceptors (Lipinski definition) is 6. The first-order valence-electron chi connectivity index (χ1n) is 13.1. The highest BCUT2D eigenvalue weighted by molar-refractivity contribution is 6.30. The maximum Gasteiger partial charge on any atom is 0.406 e. The second-order valence-corrected chi connectivity index (χ2v) is 10.2. The van der Waals surface area contributed by atoms with E-state index < -0.39 is 18.0 Å². The van der Waals surface area contributed by atoms with Crippen LogP contribution in [0, 0.1) is 17.7 Å². The van der Waals surface area contributed by atoms with E-state index in [1.807, 2.05) is 11.9 Å². The van der Waals surface area contributed by atoms with E-state index >= 15 is 0 Å². The minimum absolute atomic E-state index is 0.0273. The zero-order chi connectivity index (χ0) is 26.6. The Hall–Kier alpha value is -2.14. The summed E-state index contributed by atoms with van der Waals surface area (Å²) in [5.41, 5.74) is 0.614. The number of ether oxygens (including phenoxy) is 3. The first kappa shape index (κ1) is 29.4. The highest BCUT2D eigenvalue weighted by atomic mass is 35.5. The average molecular weight is 543 g/mol. The van der Waals surface area contributed by atoms with Crippen LogP contribution in [0.15, 0.2) is 18.2 Å². The molecule has 3 atom stereocenters. The molecule has 0 aromatic heterocycles. The number of urea groups is 1. The first-order chi connectivity index (χ1) is 17.9. The van der Waals surface area contributed by atoms with Crippen molar-refractivity contribution in [3.8, 4) is 0 Å². The molecule has 11 heteroatoms. The highest BCUT2D eigenvalue weighted by Gasteiger charge is 2.32. The molecule has 0 aliphatic carbocycles. The number of benzene rings is 1. The Labute approximate surface area is 223 Å². The van der Waals surface area contributed by atoms with Crippen molar-refractivity contribution in [2.75, 3.05) is 60.2 Å². The van der Waals surface area contributed by atoms with Crippen molar-refractivity contribution in [1.82, 2.24) is 20.9 Å². The molecule has 2 fully saturated rings. The maximum absolute atomic E-state index is 14.2. The third-order valence-electron chi connectivity index (χ3n) is 6.98. The number of likely N-dealkylation sites (N-methyl/N-ethyl adjacent to an activating group) is 1. The fraction of sp³-hybridized carbons (Fsp3) is 0.692. The molecule has 3 N–H and O–H groups in total. The molecule has 9 nitrogen and oxygen atoms in total. The van der Waals surface area contributed by atoms with Crippen LogP contribution in [-0.2, 0) is 14.2 Å². The monoisotopic (exact) mass is 542 g/mol. The SMILES string of the molecule is CNCC(CC1CCOCC1)NC(=O)N1CCCC(C(OCCNC(=O)OC)c2cc(F)cc(Cl)c2)C1. The Morgan fingerprint density at radius 2 is 2.03 bits per heavy atom. The van der Waals surface area contributed by atoms with Crippen LogP contribution in [0.25, 0.3) is 0 Å². The van der Waals surface area contributed by atoms with Gasteiger partial charge in [0, 0.05) is 56.4 Å². The van der Waals surface area contributed by atoms with Crippen LogP contribution < -0.4 is 16.0 Å². The molecule has 2 heterocycles. The Kier molecular flexibility index (Phi) is 12.2. The fourth-order valence-corrected chi connectivity index (χ4v) is 5.42. The van der Waals surface area contributed by atoms with Gasteiger partial charge in [-0.2, -0.15) is 0 Å². The average Bonchev–Trinajstić information content (AvgIpc) is 2.88. The number of piperidine rings is 1. The van der Waals surface area contributed by atoms with Crippen LogP contribution in [0.3, 0.4) is 0 Å². The first-order valence-corrected chi connectivity index (χ1v) is 13.4. The van der Waals surface area contributed by atoms with Crippen molar-refractivity contribution in [3.63, 3.8) is 0 Å². The smallest absolute Gasteiger partial charge is 0.406 e. The topological polar surface area (TPSA) is 101 Å². The summed E-state index contributed by atoms with van der Waals surface area (Å²) in [5, 5.41) is 9.28. The Morgan fingerprint density at radius 1 is 1.24 bits per heavy atom. The van der Waals surface area contributed by atoms with E-state index in [-0.39, 0.29) is 36.2 Å². The quantitative estimate of drug-likeness (QED) is 0.368. The molecule has 3 rings (SSSR count). The van der Waals surface area contributed by atoms with Gasteiger partial charge in [0.15, 0.2) is 0 Å². The van der Waals surface area contributed by atoms with Crippen LogP contribution in [0.5, 0.6) is 0 Å². The molecular formula is C26H40ClFN4O5. The number of alkyl carbamates (subject to hydrolysis) is 1. The number of rotatable bonds is 11. The van der Waals surface area contributed by atoms with Gasteiger partial charge in [0.05, 0.1) is 19.8 Å². The molecule has 0 saturated carbocycles. The Morgan fingerprint density at radius 3 is 2.73 bits per heavy atom. The summed E-state index contributed by atoms with van der Waals surface area (Å²) in [6, 6.07) is 4.29. The molecule has 0 bridgehead atoms. The van der Waals surface area contributed by atoms with Crippen LogP contribution in [0.2, 0.25) is 5.02 Å². The Balaban J connectivity index is 1.65. The summed E-state index contributed by atoms with van der Waals surface area (Å²) in [7, 11) is 3.18. The van der Waals surface area contributed by atoms with Crippen molar-refractivity contribution in [2.24, 2.45) is 11.8 Å². The van der Waals surface area contributed by atoms with E-state index in [2.05, 4.69) is 20.7 Å². The molecular weight excluding hydrogens is 503 g/mol. The zero-order valence-corrected chi connectivity index (χ0v) is 22.5. The van der Waals surface area contributed by atoms with Crippen molar-refractivity contribution < 1.29 is 28.2 Å². The van der Waals surface area contributed by atoms with Gasteiger partial charge in [-0.25, -0.2) is 14.0 Å². The van der Waals surface area contributed by atoms with Gasteiger partial charge in [-0.1, -0.05) is 11.6 Å². The van der Waals surface area contributed by atoms with E-state index in [1.165, 1.54) is 19.2 Å². The standard InChI is InChI=1S/C26H40ClFN4O5/c1-29-16-23(12-18-5-9-36-10-6-18)31-25(33)32-8-3-4-19(17-32)24(37-11-7-30-26(34)35-2)20-13-21(27)15-22(28)14-20/h13-15,18-19,23-24,29H,3-12,16-17H2,1-2H3,(H,30,34)(H,31,33). The molecule has 3 amide bonds. The van der Waals surface area contributed by atoms with Crippen molar-refractivity contribution in [2.45, 2.75) is 44.2 Å². The molecule has 1 aromatic rings. The van der Waals surface area contributed by atoms with Crippen LogP contribution in [0.1, 0.15) is 43.8 Å². The number of carbonyl (C=O) groups excluding carboxylic acids is 2. The van der Waals surface area contributed by atoms with E-state index in [4.69, 9.17) is 21.1 Å².